The summed E-state index contributed by atoms with van der Waals surface area (Å²) >= 11 is 0. The first kappa shape index (κ1) is 13.3. The molecule has 2 heterocycles. The van der Waals surface area contributed by atoms with Gasteiger partial charge in [-0.2, -0.15) is 0 Å². The summed E-state index contributed by atoms with van der Waals surface area (Å²) in [4.78, 5) is 0. The second-order valence-electron chi connectivity index (χ2n) is 5.71. The van der Waals surface area contributed by atoms with Gasteiger partial charge in [-0.05, 0) is 26.2 Å². The summed E-state index contributed by atoms with van der Waals surface area (Å²) in [5.74, 6) is -0.221. The number of fused-ring (bicyclic) bond motifs is 1. The van der Waals surface area contributed by atoms with E-state index in [2.05, 4.69) is 20.8 Å². The first-order chi connectivity index (χ1) is 7.86. The van der Waals surface area contributed by atoms with Gasteiger partial charge in [-0.15, -0.1) is 0 Å². The molecule has 0 saturated carbocycles. The maximum Gasteiger partial charge on any atom is 0.190 e. The summed E-state index contributed by atoms with van der Waals surface area (Å²) in [6.07, 6.45) is 0.387. The predicted molar refractivity (Wildman–Crippen MR) is 63.6 cm³/mol. The molecule has 4 nitrogen and oxygen atoms in total. The Bertz CT molecular complexity index is 289. The Kier molecular flexibility index (Phi) is 3.28. The maximum absolute atomic E-state index is 6.15. The van der Waals surface area contributed by atoms with Crippen LogP contribution in [0.2, 0.25) is 0 Å². The van der Waals surface area contributed by atoms with Crippen LogP contribution in [0, 0.1) is 5.92 Å². The summed E-state index contributed by atoms with van der Waals surface area (Å²) in [5.41, 5.74) is -0.305. The molecule has 2 aliphatic heterocycles. The standard InChI is InChI=1S/C13H24O4/c1-7-13(8(2)3)10(14-6)9-11(17-13)16-12(4,5)15-9/h8-11H,7H2,1-6H3/t9-,10+,11+,13+/m1/s1. The van der Waals surface area contributed by atoms with Gasteiger partial charge < -0.3 is 18.9 Å². The van der Waals surface area contributed by atoms with Gasteiger partial charge in [0, 0.05) is 7.11 Å². The zero-order valence-corrected chi connectivity index (χ0v) is 11.6. The van der Waals surface area contributed by atoms with E-state index in [1.165, 1.54) is 0 Å². The van der Waals surface area contributed by atoms with Crippen molar-refractivity contribution in [3.63, 3.8) is 0 Å². The van der Waals surface area contributed by atoms with Crippen LogP contribution in [0.5, 0.6) is 0 Å². The van der Waals surface area contributed by atoms with Crippen molar-refractivity contribution >= 4 is 0 Å². The first-order valence-electron chi connectivity index (χ1n) is 6.42. The van der Waals surface area contributed by atoms with Crippen molar-refractivity contribution in [2.24, 2.45) is 5.92 Å². The quantitative estimate of drug-likeness (QED) is 0.763. The van der Waals surface area contributed by atoms with E-state index < -0.39 is 5.79 Å². The van der Waals surface area contributed by atoms with Crippen LogP contribution in [0.15, 0.2) is 0 Å². The molecule has 0 aliphatic carbocycles. The third-order valence-corrected chi connectivity index (χ3v) is 3.99. The smallest absolute Gasteiger partial charge is 0.190 e. The molecule has 17 heavy (non-hydrogen) atoms. The summed E-state index contributed by atoms with van der Waals surface area (Å²) in [5, 5.41) is 0. The topological polar surface area (TPSA) is 36.9 Å². The maximum atomic E-state index is 6.15. The van der Waals surface area contributed by atoms with Crippen LogP contribution < -0.4 is 0 Å². The SMILES string of the molecule is CC[C@@]1(C(C)C)O[C@@H]2OC(C)(C)O[C@@H]2[C@@H]1OC. The second kappa shape index (κ2) is 4.19. The van der Waals surface area contributed by atoms with Crippen molar-refractivity contribution < 1.29 is 18.9 Å². The van der Waals surface area contributed by atoms with E-state index >= 15 is 0 Å². The molecule has 0 bridgehead atoms. The molecule has 2 rings (SSSR count). The van der Waals surface area contributed by atoms with Crippen LogP contribution in [0.1, 0.15) is 41.0 Å². The summed E-state index contributed by atoms with van der Waals surface area (Å²) < 4.78 is 23.5. The third kappa shape index (κ3) is 1.91. The molecule has 0 spiro atoms. The van der Waals surface area contributed by atoms with Gasteiger partial charge in [0.05, 0.1) is 0 Å². The van der Waals surface area contributed by atoms with E-state index in [1.54, 1.807) is 7.11 Å². The molecule has 0 unspecified atom stereocenters. The first-order valence-corrected chi connectivity index (χ1v) is 6.42. The van der Waals surface area contributed by atoms with Crippen LogP contribution in [-0.4, -0.2) is 37.0 Å². The van der Waals surface area contributed by atoms with Gasteiger partial charge in [-0.3, -0.25) is 0 Å². The molecule has 4 atom stereocenters. The Morgan fingerprint density at radius 1 is 1.18 bits per heavy atom. The van der Waals surface area contributed by atoms with E-state index in [0.29, 0.717) is 5.92 Å². The molecule has 2 aliphatic rings. The Balaban J connectivity index is 2.26. The summed E-state index contributed by atoms with van der Waals surface area (Å²) in [6.45, 7) is 10.2. The lowest BCUT2D eigenvalue weighted by atomic mass is 9.82. The lowest BCUT2D eigenvalue weighted by Crippen LogP contribution is -2.49. The van der Waals surface area contributed by atoms with Gasteiger partial charge >= 0.3 is 0 Å². The van der Waals surface area contributed by atoms with Gasteiger partial charge in [-0.25, -0.2) is 0 Å². The molecule has 100 valence electrons. The number of hydrogen-bond acceptors (Lipinski definition) is 4. The van der Waals surface area contributed by atoms with Gasteiger partial charge in [0.25, 0.3) is 0 Å². The van der Waals surface area contributed by atoms with Crippen LogP contribution in [0.25, 0.3) is 0 Å². The zero-order chi connectivity index (χ0) is 12.8. The molecule has 0 amide bonds. The highest BCUT2D eigenvalue weighted by Gasteiger charge is 2.62. The number of hydrogen-bond donors (Lipinski definition) is 0. The van der Waals surface area contributed by atoms with Gasteiger partial charge in [-0.1, -0.05) is 20.8 Å². The number of ether oxygens (including phenoxy) is 4. The Morgan fingerprint density at radius 2 is 1.82 bits per heavy atom. The van der Waals surface area contributed by atoms with Crippen molar-refractivity contribution in [2.75, 3.05) is 7.11 Å². The fourth-order valence-corrected chi connectivity index (χ4v) is 3.11. The third-order valence-electron chi connectivity index (χ3n) is 3.99. The molecule has 0 aromatic heterocycles. The monoisotopic (exact) mass is 244 g/mol. The van der Waals surface area contributed by atoms with Crippen molar-refractivity contribution in [1.29, 1.82) is 0 Å². The second-order valence-corrected chi connectivity index (χ2v) is 5.71. The van der Waals surface area contributed by atoms with Crippen LogP contribution in [-0.2, 0) is 18.9 Å². The predicted octanol–water partition coefficient (Wildman–Crippen LogP) is 2.31. The minimum Gasteiger partial charge on any atom is -0.376 e. The largest absolute Gasteiger partial charge is 0.376 e. The fraction of sp³-hybridized carbons (Fsp3) is 1.00. The molecule has 0 radical (unpaired) electrons. The highest BCUT2D eigenvalue weighted by Crippen LogP contribution is 2.47. The van der Waals surface area contributed by atoms with Crippen molar-refractivity contribution in [1.82, 2.24) is 0 Å². The molecule has 4 heteroatoms. The summed E-state index contributed by atoms with van der Waals surface area (Å²) in [6, 6.07) is 0. The van der Waals surface area contributed by atoms with E-state index in [0.717, 1.165) is 6.42 Å². The normalized spacial score (nSPS) is 44.3. The zero-order valence-electron chi connectivity index (χ0n) is 11.6. The van der Waals surface area contributed by atoms with E-state index in [9.17, 15) is 0 Å². The highest BCUT2D eigenvalue weighted by molar-refractivity contribution is 5.04. The van der Waals surface area contributed by atoms with Gasteiger partial charge in [0.1, 0.15) is 17.8 Å². The van der Waals surface area contributed by atoms with E-state index in [-0.39, 0.29) is 24.1 Å². The highest BCUT2D eigenvalue weighted by atomic mass is 16.8. The fourth-order valence-electron chi connectivity index (χ4n) is 3.11. The van der Waals surface area contributed by atoms with Gasteiger partial charge in [0.2, 0.25) is 0 Å². The number of methoxy groups -OCH3 is 1. The van der Waals surface area contributed by atoms with Gasteiger partial charge in [0.15, 0.2) is 12.1 Å². The summed E-state index contributed by atoms with van der Waals surface area (Å²) in [7, 11) is 1.72. The number of rotatable bonds is 3. The molecule has 2 fully saturated rings. The molecule has 0 N–H and O–H groups in total. The molecule has 2 saturated heterocycles. The molecular formula is C13H24O4. The van der Waals surface area contributed by atoms with Crippen LogP contribution >= 0.6 is 0 Å². The Morgan fingerprint density at radius 3 is 2.29 bits per heavy atom. The molecule has 0 aromatic rings. The molecular weight excluding hydrogens is 220 g/mol. The molecule has 0 aromatic carbocycles. The van der Waals surface area contributed by atoms with Crippen LogP contribution in [0.4, 0.5) is 0 Å². The lowest BCUT2D eigenvalue weighted by molar-refractivity contribution is -0.251. The van der Waals surface area contributed by atoms with Crippen molar-refractivity contribution in [3.05, 3.63) is 0 Å². The Hall–Kier alpha value is -0.160. The van der Waals surface area contributed by atoms with Crippen molar-refractivity contribution in [2.45, 2.75) is 70.9 Å². The van der Waals surface area contributed by atoms with Crippen LogP contribution in [0.3, 0.4) is 0 Å². The van der Waals surface area contributed by atoms with E-state index in [1.807, 2.05) is 13.8 Å². The average molecular weight is 244 g/mol. The van der Waals surface area contributed by atoms with Crippen molar-refractivity contribution in [3.8, 4) is 0 Å². The van der Waals surface area contributed by atoms with E-state index in [4.69, 9.17) is 18.9 Å². The Labute approximate surface area is 104 Å². The lowest BCUT2D eigenvalue weighted by Gasteiger charge is -2.38. The average Bonchev–Trinajstić information content (AvgIpc) is 2.66. The minimum absolute atomic E-state index is 0.0701. The minimum atomic E-state index is -0.580.